The van der Waals surface area contributed by atoms with Crippen LogP contribution >= 0.6 is 0 Å². The van der Waals surface area contributed by atoms with E-state index in [1.165, 1.54) is 0 Å². The van der Waals surface area contributed by atoms with Gasteiger partial charge >= 0.3 is 5.97 Å². The fourth-order valence-corrected chi connectivity index (χ4v) is 3.25. The topological polar surface area (TPSA) is 46.6 Å². The van der Waals surface area contributed by atoms with Crippen molar-refractivity contribution in [2.45, 2.75) is 39.3 Å². The average Bonchev–Trinajstić information content (AvgIpc) is 2.77. The summed E-state index contributed by atoms with van der Waals surface area (Å²) in [7, 11) is 0. The van der Waals surface area contributed by atoms with Crippen molar-refractivity contribution >= 4 is 11.9 Å². The number of carbonyl (C=O) groups is 2. The first-order valence-electron chi connectivity index (χ1n) is 10.5. The zero-order valence-electron chi connectivity index (χ0n) is 18.4. The molecule has 0 fully saturated rings. The lowest BCUT2D eigenvalue weighted by Crippen LogP contribution is -2.34. The molecule has 0 aliphatic heterocycles. The van der Waals surface area contributed by atoms with Gasteiger partial charge in [-0.3, -0.25) is 4.79 Å². The fraction of sp³-hybridized carbons (Fsp3) is 0.259. The summed E-state index contributed by atoms with van der Waals surface area (Å²) in [6, 6.07) is 26.9. The van der Waals surface area contributed by atoms with Crippen LogP contribution in [0.1, 0.15) is 47.8 Å². The van der Waals surface area contributed by atoms with E-state index in [2.05, 4.69) is 20.8 Å². The Morgan fingerprint density at radius 2 is 1.23 bits per heavy atom. The van der Waals surface area contributed by atoms with E-state index in [1.807, 2.05) is 72.8 Å². The van der Waals surface area contributed by atoms with Gasteiger partial charge in [-0.05, 0) is 34.2 Å². The Balaban J connectivity index is 1.65. The molecule has 0 saturated carbocycles. The minimum absolute atomic E-state index is 0.00772. The largest absolute Gasteiger partial charge is 0.452 e. The van der Waals surface area contributed by atoms with E-state index in [1.54, 1.807) is 17.0 Å². The maximum Gasteiger partial charge on any atom is 0.338 e. The number of rotatable bonds is 7. The monoisotopic (exact) mass is 415 g/mol. The normalized spacial score (nSPS) is 11.1. The minimum Gasteiger partial charge on any atom is -0.452 e. The maximum absolute atomic E-state index is 12.9. The summed E-state index contributed by atoms with van der Waals surface area (Å²) in [6.07, 6.45) is 0. The van der Waals surface area contributed by atoms with Gasteiger partial charge in [-0.1, -0.05) is 93.6 Å². The molecule has 0 spiro atoms. The Hall–Kier alpha value is -3.40. The van der Waals surface area contributed by atoms with Crippen molar-refractivity contribution in [2.75, 3.05) is 6.61 Å². The van der Waals surface area contributed by atoms with Gasteiger partial charge in [0.2, 0.25) is 0 Å². The molecule has 3 aromatic carbocycles. The Kier molecular flexibility index (Phi) is 7.24. The van der Waals surface area contributed by atoms with Crippen molar-refractivity contribution in [1.82, 2.24) is 4.90 Å². The number of hydrogen-bond acceptors (Lipinski definition) is 3. The molecule has 0 unspecified atom stereocenters. The van der Waals surface area contributed by atoms with Crippen LogP contribution in [-0.4, -0.2) is 23.4 Å². The Bertz CT molecular complexity index is 949. The van der Waals surface area contributed by atoms with Crippen LogP contribution in [0.15, 0.2) is 84.9 Å². The number of ether oxygens (including phenoxy) is 1. The predicted octanol–water partition coefficient (Wildman–Crippen LogP) is 5.37. The molecular formula is C27H29NO3. The molecule has 0 saturated heterocycles. The summed E-state index contributed by atoms with van der Waals surface area (Å²) in [5.74, 6) is -0.722. The lowest BCUT2D eigenvalue weighted by molar-refractivity contribution is -0.135. The van der Waals surface area contributed by atoms with E-state index < -0.39 is 5.97 Å². The summed E-state index contributed by atoms with van der Waals surface area (Å²) < 4.78 is 5.34. The number of carbonyl (C=O) groups excluding carboxylic acids is 2. The lowest BCUT2D eigenvalue weighted by Gasteiger charge is -2.23. The van der Waals surface area contributed by atoms with Crippen LogP contribution in [0.2, 0.25) is 0 Å². The van der Waals surface area contributed by atoms with Gasteiger partial charge in [-0.25, -0.2) is 4.79 Å². The molecule has 0 aromatic heterocycles. The molecule has 31 heavy (non-hydrogen) atoms. The fourth-order valence-electron chi connectivity index (χ4n) is 3.25. The quantitative estimate of drug-likeness (QED) is 0.488. The number of esters is 1. The molecule has 3 aromatic rings. The molecular weight excluding hydrogens is 386 g/mol. The average molecular weight is 416 g/mol. The van der Waals surface area contributed by atoms with Crippen LogP contribution < -0.4 is 0 Å². The zero-order valence-corrected chi connectivity index (χ0v) is 18.4. The van der Waals surface area contributed by atoms with Crippen molar-refractivity contribution in [2.24, 2.45) is 0 Å². The molecule has 0 atom stereocenters. The molecule has 160 valence electrons. The first kappa shape index (κ1) is 22.3. The van der Waals surface area contributed by atoms with Crippen molar-refractivity contribution in [3.63, 3.8) is 0 Å². The van der Waals surface area contributed by atoms with Gasteiger partial charge < -0.3 is 9.64 Å². The highest BCUT2D eigenvalue weighted by Crippen LogP contribution is 2.22. The second-order valence-electron chi connectivity index (χ2n) is 8.62. The van der Waals surface area contributed by atoms with Crippen molar-refractivity contribution in [3.05, 3.63) is 107 Å². The molecule has 0 bridgehead atoms. The van der Waals surface area contributed by atoms with E-state index in [9.17, 15) is 9.59 Å². The summed E-state index contributed by atoms with van der Waals surface area (Å²) in [5, 5.41) is 0. The highest BCUT2D eigenvalue weighted by atomic mass is 16.5. The van der Waals surface area contributed by atoms with Crippen LogP contribution in [0.25, 0.3) is 0 Å². The molecule has 4 heteroatoms. The van der Waals surface area contributed by atoms with Crippen LogP contribution in [0.3, 0.4) is 0 Å². The predicted molar refractivity (Wildman–Crippen MR) is 123 cm³/mol. The van der Waals surface area contributed by atoms with E-state index in [4.69, 9.17) is 4.74 Å². The first-order valence-corrected chi connectivity index (χ1v) is 10.5. The van der Waals surface area contributed by atoms with Crippen LogP contribution in [0, 0.1) is 0 Å². The van der Waals surface area contributed by atoms with Crippen LogP contribution in [0.4, 0.5) is 0 Å². The molecule has 0 aliphatic rings. The first-order chi connectivity index (χ1) is 14.8. The highest BCUT2D eigenvalue weighted by Gasteiger charge is 2.19. The molecule has 0 radical (unpaired) electrons. The second kappa shape index (κ2) is 10.1. The van der Waals surface area contributed by atoms with E-state index in [-0.39, 0.29) is 17.9 Å². The SMILES string of the molecule is CC(C)(C)c1ccc(C(=O)OCC(=O)N(Cc2ccccc2)Cc2ccccc2)cc1. The summed E-state index contributed by atoms with van der Waals surface area (Å²) >= 11 is 0. The molecule has 0 aliphatic carbocycles. The van der Waals surface area contributed by atoms with Crippen LogP contribution in [0.5, 0.6) is 0 Å². The molecule has 0 heterocycles. The zero-order chi connectivity index (χ0) is 22.3. The van der Waals surface area contributed by atoms with Gasteiger partial charge in [-0.2, -0.15) is 0 Å². The van der Waals surface area contributed by atoms with Gasteiger partial charge in [0, 0.05) is 13.1 Å². The van der Waals surface area contributed by atoms with Crippen molar-refractivity contribution < 1.29 is 14.3 Å². The molecule has 0 N–H and O–H groups in total. The molecule has 3 rings (SSSR count). The third-order valence-corrected chi connectivity index (χ3v) is 5.10. The Labute approximate surface area is 184 Å². The van der Waals surface area contributed by atoms with E-state index in [0.29, 0.717) is 18.7 Å². The van der Waals surface area contributed by atoms with Crippen molar-refractivity contribution in [3.8, 4) is 0 Å². The minimum atomic E-state index is -0.492. The summed E-state index contributed by atoms with van der Waals surface area (Å²) in [4.78, 5) is 27.1. The number of benzene rings is 3. The summed E-state index contributed by atoms with van der Waals surface area (Å²) in [6.45, 7) is 6.96. The van der Waals surface area contributed by atoms with Gasteiger partial charge in [0.1, 0.15) is 0 Å². The highest BCUT2D eigenvalue weighted by molar-refractivity contribution is 5.91. The Morgan fingerprint density at radius 1 is 0.742 bits per heavy atom. The number of hydrogen-bond donors (Lipinski definition) is 0. The second-order valence-corrected chi connectivity index (χ2v) is 8.62. The van der Waals surface area contributed by atoms with E-state index >= 15 is 0 Å². The lowest BCUT2D eigenvalue weighted by atomic mass is 9.87. The van der Waals surface area contributed by atoms with Crippen molar-refractivity contribution in [1.29, 1.82) is 0 Å². The molecule has 4 nitrogen and oxygen atoms in total. The van der Waals surface area contributed by atoms with Gasteiger partial charge in [0.25, 0.3) is 5.91 Å². The van der Waals surface area contributed by atoms with E-state index in [0.717, 1.165) is 16.7 Å². The maximum atomic E-state index is 12.9. The smallest absolute Gasteiger partial charge is 0.338 e. The molecule has 1 amide bonds. The third-order valence-electron chi connectivity index (χ3n) is 5.10. The summed E-state index contributed by atoms with van der Waals surface area (Å²) in [5.41, 5.74) is 3.63. The number of amides is 1. The van der Waals surface area contributed by atoms with Crippen LogP contribution in [-0.2, 0) is 28.0 Å². The van der Waals surface area contributed by atoms with Gasteiger partial charge in [0.05, 0.1) is 5.56 Å². The number of nitrogens with zero attached hydrogens (tertiary/aromatic N) is 1. The van der Waals surface area contributed by atoms with Gasteiger partial charge in [0.15, 0.2) is 6.61 Å². The Morgan fingerprint density at radius 3 is 1.68 bits per heavy atom. The standard InChI is InChI=1S/C27H29NO3/c1-27(2,3)24-16-14-23(15-17-24)26(30)31-20-25(29)28(18-21-10-6-4-7-11-21)19-22-12-8-5-9-13-22/h4-17H,18-20H2,1-3H3. The van der Waals surface area contributed by atoms with Gasteiger partial charge in [-0.15, -0.1) is 0 Å². The third kappa shape index (κ3) is 6.54.